The van der Waals surface area contributed by atoms with Crippen LogP contribution in [0.1, 0.15) is 0 Å². The SMILES string of the molecule is CS(=O)(=O)c1ccc2nc(-c3cccc(O)c3O)[nH]c2c1. The number of hydrogen-bond acceptors (Lipinski definition) is 5. The molecule has 0 spiro atoms. The highest BCUT2D eigenvalue weighted by Gasteiger charge is 2.14. The van der Waals surface area contributed by atoms with E-state index in [1.165, 1.54) is 18.2 Å². The predicted octanol–water partition coefficient (Wildman–Crippen LogP) is 2.04. The van der Waals surface area contributed by atoms with Gasteiger partial charge in [-0.15, -0.1) is 0 Å². The van der Waals surface area contributed by atoms with E-state index in [1.807, 2.05) is 0 Å². The van der Waals surface area contributed by atoms with Crippen molar-refractivity contribution in [1.29, 1.82) is 0 Å². The highest BCUT2D eigenvalue weighted by molar-refractivity contribution is 7.90. The van der Waals surface area contributed by atoms with Crippen LogP contribution in [-0.4, -0.2) is 34.9 Å². The smallest absolute Gasteiger partial charge is 0.175 e. The zero-order valence-corrected chi connectivity index (χ0v) is 11.8. The Balaban J connectivity index is 2.20. The fourth-order valence-corrected chi connectivity index (χ4v) is 2.72. The number of nitrogens with one attached hydrogen (secondary N) is 1. The van der Waals surface area contributed by atoms with Crippen molar-refractivity contribution in [1.82, 2.24) is 9.97 Å². The first-order valence-electron chi connectivity index (χ1n) is 6.07. The summed E-state index contributed by atoms with van der Waals surface area (Å²) in [6.45, 7) is 0. The normalized spacial score (nSPS) is 11.9. The van der Waals surface area contributed by atoms with Crippen LogP contribution in [0.2, 0.25) is 0 Å². The van der Waals surface area contributed by atoms with Gasteiger partial charge in [-0.3, -0.25) is 0 Å². The van der Waals surface area contributed by atoms with Crippen LogP contribution in [0.4, 0.5) is 0 Å². The van der Waals surface area contributed by atoms with E-state index in [4.69, 9.17) is 0 Å². The topological polar surface area (TPSA) is 103 Å². The lowest BCUT2D eigenvalue weighted by molar-refractivity contribution is 0.405. The summed E-state index contributed by atoms with van der Waals surface area (Å²) in [4.78, 5) is 7.42. The van der Waals surface area contributed by atoms with E-state index in [9.17, 15) is 18.6 Å². The van der Waals surface area contributed by atoms with Gasteiger partial charge in [-0.2, -0.15) is 0 Å². The third kappa shape index (κ3) is 2.31. The molecule has 0 aliphatic carbocycles. The first-order valence-corrected chi connectivity index (χ1v) is 7.96. The van der Waals surface area contributed by atoms with Gasteiger partial charge in [0.15, 0.2) is 21.3 Å². The summed E-state index contributed by atoms with van der Waals surface area (Å²) in [5.41, 5.74) is 1.45. The predicted molar refractivity (Wildman–Crippen MR) is 78.0 cm³/mol. The summed E-state index contributed by atoms with van der Waals surface area (Å²) in [5, 5.41) is 19.4. The molecule has 7 heteroatoms. The van der Waals surface area contributed by atoms with Crippen molar-refractivity contribution in [3.8, 4) is 22.9 Å². The largest absolute Gasteiger partial charge is 0.504 e. The van der Waals surface area contributed by atoms with Gasteiger partial charge in [0, 0.05) is 6.26 Å². The lowest BCUT2D eigenvalue weighted by Gasteiger charge is -2.02. The molecule has 3 aromatic rings. The van der Waals surface area contributed by atoms with E-state index in [2.05, 4.69) is 9.97 Å². The molecule has 0 amide bonds. The molecule has 1 heterocycles. The maximum atomic E-state index is 11.5. The summed E-state index contributed by atoms with van der Waals surface area (Å²) >= 11 is 0. The third-order valence-electron chi connectivity index (χ3n) is 3.15. The first kappa shape index (κ1) is 13.4. The highest BCUT2D eigenvalue weighted by Crippen LogP contribution is 2.35. The minimum absolute atomic E-state index is 0.185. The summed E-state index contributed by atoms with van der Waals surface area (Å²) in [5.74, 6) is -0.172. The van der Waals surface area contributed by atoms with Gasteiger partial charge in [-0.1, -0.05) is 6.07 Å². The fraction of sp³-hybridized carbons (Fsp3) is 0.0714. The summed E-state index contributed by atoms with van der Waals surface area (Å²) in [7, 11) is -3.30. The minimum Gasteiger partial charge on any atom is -0.504 e. The molecule has 21 heavy (non-hydrogen) atoms. The number of H-pyrrole nitrogens is 1. The van der Waals surface area contributed by atoms with Crippen molar-refractivity contribution >= 4 is 20.9 Å². The molecule has 0 aliphatic rings. The Morgan fingerprint density at radius 2 is 1.90 bits per heavy atom. The van der Waals surface area contributed by atoms with Gasteiger partial charge in [-0.05, 0) is 30.3 Å². The molecular formula is C14H12N2O4S. The standard InChI is InChI=1S/C14H12N2O4S/c1-21(19,20)8-5-6-10-11(7-8)16-14(15-10)9-3-2-4-12(17)13(9)18/h2-7,17-18H,1H3,(H,15,16). The Hall–Kier alpha value is -2.54. The van der Waals surface area contributed by atoms with Gasteiger partial charge in [0.2, 0.25) is 0 Å². The number of aromatic amines is 1. The molecule has 3 N–H and O–H groups in total. The molecule has 0 fully saturated rings. The molecule has 0 aliphatic heterocycles. The van der Waals surface area contributed by atoms with Crippen LogP contribution in [0.15, 0.2) is 41.3 Å². The molecule has 0 radical (unpaired) electrons. The Bertz CT molecular complexity index is 945. The van der Waals surface area contributed by atoms with Crippen molar-refractivity contribution in [2.24, 2.45) is 0 Å². The number of nitrogens with zero attached hydrogens (tertiary/aromatic N) is 1. The van der Waals surface area contributed by atoms with E-state index < -0.39 is 9.84 Å². The second-order valence-corrected chi connectivity index (χ2v) is 6.73. The number of aromatic nitrogens is 2. The molecule has 0 atom stereocenters. The Morgan fingerprint density at radius 3 is 2.62 bits per heavy atom. The quantitative estimate of drug-likeness (QED) is 0.629. The van der Waals surface area contributed by atoms with Crippen LogP contribution in [0.3, 0.4) is 0 Å². The minimum atomic E-state index is -3.30. The molecule has 0 saturated heterocycles. The molecule has 6 nitrogen and oxygen atoms in total. The second kappa shape index (κ2) is 4.49. The van der Waals surface area contributed by atoms with Gasteiger partial charge in [0.1, 0.15) is 5.82 Å². The van der Waals surface area contributed by atoms with Gasteiger partial charge in [0.05, 0.1) is 21.5 Å². The van der Waals surface area contributed by atoms with Crippen molar-refractivity contribution in [3.05, 3.63) is 36.4 Å². The van der Waals surface area contributed by atoms with E-state index in [1.54, 1.807) is 18.2 Å². The van der Waals surface area contributed by atoms with Crippen molar-refractivity contribution in [3.63, 3.8) is 0 Å². The van der Waals surface area contributed by atoms with Crippen molar-refractivity contribution in [2.45, 2.75) is 4.90 Å². The number of hydrogen-bond donors (Lipinski definition) is 3. The Kier molecular flexibility index (Phi) is 2.87. The summed E-state index contributed by atoms with van der Waals surface area (Å²) in [6, 6.07) is 9.10. The number of sulfone groups is 1. The number of fused-ring (bicyclic) bond motifs is 1. The molecule has 2 aromatic carbocycles. The molecule has 108 valence electrons. The van der Waals surface area contributed by atoms with Gasteiger partial charge in [-0.25, -0.2) is 13.4 Å². The fourth-order valence-electron chi connectivity index (χ4n) is 2.07. The molecule has 3 rings (SSSR count). The van der Waals surface area contributed by atoms with Crippen LogP contribution in [0, 0.1) is 0 Å². The lowest BCUT2D eigenvalue weighted by Crippen LogP contribution is -1.96. The highest BCUT2D eigenvalue weighted by atomic mass is 32.2. The van der Waals surface area contributed by atoms with Crippen LogP contribution < -0.4 is 0 Å². The third-order valence-corrected chi connectivity index (χ3v) is 4.26. The molecular weight excluding hydrogens is 292 g/mol. The summed E-state index contributed by atoms with van der Waals surface area (Å²) < 4.78 is 23.1. The number of para-hydroxylation sites is 1. The van der Waals surface area contributed by atoms with E-state index >= 15 is 0 Å². The number of phenols is 2. The lowest BCUT2D eigenvalue weighted by atomic mass is 10.2. The van der Waals surface area contributed by atoms with E-state index in [0.29, 0.717) is 22.4 Å². The van der Waals surface area contributed by atoms with E-state index in [-0.39, 0.29) is 16.4 Å². The zero-order chi connectivity index (χ0) is 15.2. The molecule has 0 unspecified atom stereocenters. The molecule has 0 saturated carbocycles. The van der Waals surface area contributed by atoms with Gasteiger partial charge in [0.25, 0.3) is 0 Å². The first-order chi connectivity index (χ1) is 9.86. The van der Waals surface area contributed by atoms with Crippen LogP contribution in [-0.2, 0) is 9.84 Å². The maximum absolute atomic E-state index is 11.5. The van der Waals surface area contributed by atoms with Crippen LogP contribution in [0.5, 0.6) is 11.5 Å². The van der Waals surface area contributed by atoms with Crippen LogP contribution >= 0.6 is 0 Å². The number of imidazole rings is 1. The number of rotatable bonds is 2. The van der Waals surface area contributed by atoms with Gasteiger partial charge < -0.3 is 15.2 Å². The second-order valence-electron chi connectivity index (χ2n) is 4.71. The molecule has 1 aromatic heterocycles. The number of benzene rings is 2. The Labute approximate surface area is 120 Å². The average molecular weight is 304 g/mol. The van der Waals surface area contributed by atoms with E-state index in [0.717, 1.165) is 6.26 Å². The maximum Gasteiger partial charge on any atom is 0.175 e. The summed E-state index contributed by atoms with van der Waals surface area (Å²) in [6.07, 6.45) is 1.13. The molecule has 0 bridgehead atoms. The van der Waals surface area contributed by atoms with Crippen LogP contribution in [0.25, 0.3) is 22.4 Å². The average Bonchev–Trinajstić information content (AvgIpc) is 2.83. The monoisotopic (exact) mass is 304 g/mol. The van der Waals surface area contributed by atoms with Gasteiger partial charge >= 0.3 is 0 Å². The van der Waals surface area contributed by atoms with Crippen molar-refractivity contribution < 1.29 is 18.6 Å². The number of phenolic OH excluding ortho intramolecular Hbond substituents is 2. The van der Waals surface area contributed by atoms with Crippen molar-refractivity contribution in [2.75, 3.05) is 6.26 Å². The number of aromatic hydroxyl groups is 2. The zero-order valence-electron chi connectivity index (χ0n) is 11.0. The Morgan fingerprint density at radius 1 is 1.14 bits per heavy atom.